The Morgan fingerprint density at radius 3 is 2.24 bits per heavy atom. The van der Waals surface area contributed by atoms with Gasteiger partial charge in [-0.05, 0) is 68.8 Å². The molecule has 1 heterocycles. The molecule has 1 amide bonds. The number of benzene rings is 2. The molecule has 0 unspecified atom stereocenters. The summed E-state index contributed by atoms with van der Waals surface area (Å²) >= 11 is 0. The number of fused-ring (bicyclic) bond motifs is 1. The summed E-state index contributed by atoms with van der Waals surface area (Å²) in [5, 5.41) is 6.21. The molecule has 0 spiro atoms. The van der Waals surface area contributed by atoms with Crippen LogP contribution in [0.4, 0.5) is 0 Å². The standard InChI is InChI=1S/C26H35N3O5/c1-18-21-17-25(34-6)24(33-5)15-20(21)16-26(30)29(27-18)12-7-11-28(2)13-10-19-8-9-22(31-3)23(14-19)32-4/h8-9,14-15,17H,7,10-13,16H2,1-6H3. The Kier molecular flexibility index (Phi) is 8.76. The second kappa shape index (κ2) is 11.7. The minimum absolute atomic E-state index is 0.0155. The summed E-state index contributed by atoms with van der Waals surface area (Å²) in [4.78, 5) is 15.2. The highest BCUT2D eigenvalue weighted by Gasteiger charge is 2.23. The van der Waals surface area contributed by atoms with Gasteiger partial charge in [0.05, 0.1) is 40.6 Å². The lowest BCUT2D eigenvalue weighted by atomic mass is 10.00. The number of hydrogen-bond acceptors (Lipinski definition) is 7. The van der Waals surface area contributed by atoms with E-state index < -0.39 is 0 Å². The van der Waals surface area contributed by atoms with Crippen molar-refractivity contribution in [3.8, 4) is 23.0 Å². The van der Waals surface area contributed by atoms with Crippen LogP contribution in [0.1, 0.15) is 30.0 Å². The number of carbonyl (C=O) groups excluding carboxylic acids is 1. The first-order valence-corrected chi connectivity index (χ1v) is 11.4. The number of ether oxygens (including phenoxy) is 4. The molecule has 34 heavy (non-hydrogen) atoms. The van der Waals surface area contributed by atoms with E-state index in [1.165, 1.54) is 5.56 Å². The van der Waals surface area contributed by atoms with Crippen molar-refractivity contribution in [3.05, 3.63) is 47.0 Å². The molecule has 0 fully saturated rings. The number of carbonyl (C=O) groups is 1. The average Bonchev–Trinajstić information content (AvgIpc) is 2.96. The fourth-order valence-corrected chi connectivity index (χ4v) is 4.08. The Hall–Kier alpha value is -3.26. The van der Waals surface area contributed by atoms with Crippen LogP contribution in [0.3, 0.4) is 0 Å². The zero-order chi connectivity index (χ0) is 24.7. The summed E-state index contributed by atoms with van der Waals surface area (Å²) in [5.41, 5.74) is 3.80. The zero-order valence-corrected chi connectivity index (χ0v) is 21.0. The smallest absolute Gasteiger partial charge is 0.247 e. The highest BCUT2D eigenvalue weighted by atomic mass is 16.5. The van der Waals surface area contributed by atoms with Crippen LogP contribution in [-0.2, 0) is 17.6 Å². The van der Waals surface area contributed by atoms with Gasteiger partial charge in [-0.3, -0.25) is 4.79 Å². The number of methoxy groups -OCH3 is 4. The van der Waals surface area contributed by atoms with Gasteiger partial charge in [0.25, 0.3) is 0 Å². The fourth-order valence-electron chi connectivity index (χ4n) is 4.08. The number of likely N-dealkylation sites (N-methyl/N-ethyl adjacent to an activating group) is 1. The number of nitrogens with zero attached hydrogens (tertiary/aromatic N) is 3. The van der Waals surface area contributed by atoms with Crippen molar-refractivity contribution in [2.75, 3.05) is 55.1 Å². The van der Waals surface area contributed by atoms with Gasteiger partial charge in [-0.2, -0.15) is 5.10 Å². The molecule has 0 saturated carbocycles. The van der Waals surface area contributed by atoms with E-state index >= 15 is 0 Å². The van der Waals surface area contributed by atoms with Crippen LogP contribution in [0.2, 0.25) is 0 Å². The number of hydrazone groups is 1. The highest BCUT2D eigenvalue weighted by molar-refractivity contribution is 6.03. The van der Waals surface area contributed by atoms with E-state index in [4.69, 9.17) is 18.9 Å². The van der Waals surface area contributed by atoms with Crippen LogP contribution in [0.25, 0.3) is 0 Å². The Bertz CT molecular complexity index is 1040. The van der Waals surface area contributed by atoms with Crippen molar-refractivity contribution in [1.82, 2.24) is 9.91 Å². The van der Waals surface area contributed by atoms with Gasteiger partial charge >= 0.3 is 0 Å². The molecule has 1 aliphatic rings. The SMILES string of the molecule is COc1ccc(CCN(C)CCCN2N=C(C)c3cc(OC)c(OC)cc3CC2=O)cc1OC. The lowest BCUT2D eigenvalue weighted by Crippen LogP contribution is -2.31. The molecule has 2 aromatic carbocycles. The van der Waals surface area contributed by atoms with Crippen molar-refractivity contribution >= 4 is 11.6 Å². The largest absolute Gasteiger partial charge is 0.493 e. The normalized spacial score (nSPS) is 13.3. The molecule has 1 aliphatic heterocycles. The van der Waals surface area contributed by atoms with Crippen molar-refractivity contribution in [1.29, 1.82) is 0 Å². The maximum atomic E-state index is 12.9. The lowest BCUT2D eigenvalue weighted by molar-refractivity contribution is -0.130. The van der Waals surface area contributed by atoms with Gasteiger partial charge < -0.3 is 23.8 Å². The van der Waals surface area contributed by atoms with Crippen LogP contribution in [-0.4, -0.2) is 76.6 Å². The topological polar surface area (TPSA) is 72.8 Å². The van der Waals surface area contributed by atoms with Gasteiger partial charge in [-0.25, -0.2) is 5.01 Å². The average molecular weight is 470 g/mol. The molecule has 0 N–H and O–H groups in total. The summed E-state index contributed by atoms with van der Waals surface area (Å²) in [5.74, 6) is 2.71. The van der Waals surface area contributed by atoms with Gasteiger partial charge in [0.15, 0.2) is 23.0 Å². The molecule has 3 rings (SSSR count). The molecule has 0 atom stereocenters. The summed E-state index contributed by atoms with van der Waals surface area (Å²) in [7, 11) is 8.57. The van der Waals surface area contributed by atoms with E-state index in [1.54, 1.807) is 33.4 Å². The summed E-state index contributed by atoms with van der Waals surface area (Å²) < 4.78 is 21.5. The zero-order valence-electron chi connectivity index (χ0n) is 21.0. The minimum atomic E-state index is -0.0155. The second-order valence-corrected chi connectivity index (χ2v) is 8.34. The lowest BCUT2D eigenvalue weighted by Gasteiger charge is -2.20. The third kappa shape index (κ3) is 5.99. The number of hydrogen-bond donors (Lipinski definition) is 0. The maximum Gasteiger partial charge on any atom is 0.247 e. The van der Waals surface area contributed by atoms with E-state index in [0.29, 0.717) is 18.0 Å². The summed E-state index contributed by atoms with van der Waals surface area (Å²) in [6.45, 7) is 4.25. The van der Waals surface area contributed by atoms with Gasteiger partial charge in [0, 0.05) is 18.7 Å². The maximum absolute atomic E-state index is 12.9. The monoisotopic (exact) mass is 469 g/mol. The van der Waals surface area contributed by atoms with Crippen LogP contribution in [0, 0.1) is 0 Å². The van der Waals surface area contributed by atoms with Gasteiger partial charge in [-0.1, -0.05) is 6.07 Å². The summed E-state index contributed by atoms with van der Waals surface area (Å²) in [6.07, 6.45) is 2.01. The molecule has 8 heteroatoms. The Morgan fingerprint density at radius 1 is 0.912 bits per heavy atom. The van der Waals surface area contributed by atoms with Crippen molar-refractivity contribution in [2.24, 2.45) is 5.10 Å². The molecule has 0 radical (unpaired) electrons. The molecular formula is C26H35N3O5. The Labute approximate surface area is 202 Å². The van der Waals surface area contributed by atoms with Gasteiger partial charge in [-0.15, -0.1) is 0 Å². The molecule has 2 aromatic rings. The van der Waals surface area contributed by atoms with Crippen LogP contribution in [0.15, 0.2) is 35.4 Å². The molecule has 0 aromatic heterocycles. The molecule has 184 valence electrons. The van der Waals surface area contributed by atoms with Crippen LogP contribution >= 0.6 is 0 Å². The van der Waals surface area contributed by atoms with Crippen LogP contribution in [0.5, 0.6) is 23.0 Å². The fraction of sp³-hybridized carbons (Fsp3) is 0.462. The quantitative estimate of drug-likeness (QED) is 0.502. The predicted octanol–water partition coefficient (Wildman–Crippen LogP) is 3.39. The van der Waals surface area contributed by atoms with E-state index in [1.807, 2.05) is 31.2 Å². The van der Waals surface area contributed by atoms with Gasteiger partial charge in [0.2, 0.25) is 5.91 Å². The molecule has 0 aliphatic carbocycles. The van der Waals surface area contributed by atoms with Gasteiger partial charge in [0.1, 0.15) is 0 Å². The first-order chi connectivity index (χ1) is 16.4. The Balaban J connectivity index is 1.55. The molecule has 0 saturated heterocycles. The Morgan fingerprint density at radius 2 is 1.56 bits per heavy atom. The van der Waals surface area contributed by atoms with Crippen molar-refractivity contribution in [2.45, 2.75) is 26.2 Å². The first kappa shape index (κ1) is 25.4. The van der Waals surface area contributed by atoms with Crippen LogP contribution < -0.4 is 18.9 Å². The van der Waals surface area contributed by atoms with Crippen molar-refractivity contribution in [3.63, 3.8) is 0 Å². The molecular weight excluding hydrogens is 434 g/mol. The highest BCUT2D eigenvalue weighted by Crippen LogP contribution is 2.32. The number of rotatable bonds is 11. The minimum Gasteiger partial charge on any atom is -0.493 e. The number of amides is 1. The van der Waals surface area contributed by atoms with E-state index in [-0.39, 0.29) is 12.3 Å². The first-order valence-electron chi connectivity index (χ1n) is 11.4. The molecule has 8 nitrogen and oxygen atoms in total. The predicted molar refractivity (Wildman–Crippen MR) is 133 cm³/mol. The van der Waals surface area contributed by atoms with E-state index in [0.717, 1.165) is 54.3 Å². The summed E-state index contributed by atoms with van der Waals surface area (Å²) in [6, 6.07) is 9.77. The van der Waals surface area contributed by atoms with E-state index in [2.05, 4.69) is 23.1 Å². The third-order valence-electron chi connectivity index (χ3n) is 6.04. The third-order valence-corrected chi connectivity index (χ3v) is 6.04. The van der Waals surface area contributed by atoms with Crippen molar-refractivity contribution < 1.29 is 23.7 Å². The molecule has 0 bridgehead atoms. The second-order valence-electron chi connectivity index (χ2n) is 8.34. The van der Waals surface area contributed by atoms with E-state index in [9.17, 15) is 4.79 Å².